The molecule has 0 saturated heterocycles. The van der Waals surface area contributed by atoms with Crippen LogP contribution in [0.1, 0.15) is 74.0 Å². The average Bonchev–Trinajstić information content (AvgIpc) is 3.20. The summed E-state index contributed by atoms with van der Waals surface area (Å²) < 4.78 is 4.67. The van der Waals surface area contributed by atoms with E-state index in [2.05, 4.69) is 22.9 Å². The highest BCUT2D eigenvalue weighted by Gasteiger charge is 2.42. The van der Waals surface area contributed by atoms with Crippen LogP contribution in [0.4, 0.5) is 0 Å². The van der Waals surface area contributed by atoms with Crippen LogP contribution in [0.5, 0.6) is 0 Å². The maximum atomic E-state index is 11.1. The van der Waals surface area contributed by atoms with E-state index in [9.17, 15) is 9.90 Å². The largest absolute Gasteiger partial charge is 0.469 e. The molecular weight excluding hydrogens is 348 g/mol. The van der Waals surface area contributed by atoms with Gasteiger partial charge in [-0.1, -0.05) is 37.5 Å². The number of unbranched alkanes of at least 4 members (excludes halogenated alkanes) is 3. The Morgan fingerprint density at radius 3 is 2.77 bits per heavy atom. The van der Waals surface area contributed by atoms with Crippen molar-refractivity contribution in [1.82, 2.24) is 0 Å². The summed E-state index contributed by atoms with van der Waals surface area (Å²) in [5.74, 6) is 0.381. The summed E-state index contributed by atoms with van der Waals surface area (Å²) in [5.41, 5.74) is 4.22. The summed E-state index contributed by atoms with van der Waals surface area (Å²) in [5, 5.41) is 10.7. The van der Waals surface area contributed by atoms with Crippen molar-refractivity contribution >= 4 is 17.6 Å². The summed E-state index contributed by atoms with van der Waals surface area (Å²) in [7, 11) is 1.44. The van der Waals surface area contributed by atoms with Crippen LogP contribution in [-0.4, -0.2) is 29.7 Å². The third-order valence-corrected chi connectivity index (χ3v) is 6.71. The van der Waals surface area contributed by atoms with Crippen LogP contribution in [-0.2, 0) is 22.4 Å². The molecule has 0 radical (unpaired) electrons. The zero-order valence-corrected chi connectivity index (χ0v) is 16.5. The van der Waals surface area contributed by atoms with Gasteiger partial charge >= 0.3 is 5.97 Å². The van der Waals surface area contributed by atoms with Gasteiger partial charge in [-0.15, -0.1) is 11.6 Å². The molecule has 4 atom stereocenters. The predicted octanol–water partition coefficient (Wildman–Crippen LogP) is 4.76. The first kappa shape index (κ1) is 19.7. The lowest BCUT2D eigenvalue weighted by atomic mass is 9.83. The van der Waals surface area contributed by atoms with Crippen molar-refractivity contribution in [3.05, 3.63) is 34.9 Å². The van der Waals surface area contributed by atoms with Gasteiger partial charge in [0.25, 0.3) is 0 Å². The Balaban J connectivity index is 1.54. The van der Waals surface area contributed by atoms with E-state index in [1.54, 1.807) is 0 Å². The number of alkyl halides is 1. The maximum absolute atomic E-state index is 11.1. The molecule has 1 N–H and O–H groups in total. The van der Waals surface area contributed by atoms with Crippen molar-refractivity contribution in [3.8, 4) is 0 Å². The molecule has 1 fully saturated rings. The third-order valence-electron chi connectivity index (χ3n) is 6.21. The van der Waals surface area contributed by atoms with E-state index in [4.69, 9.17) is 11.6 Å². The molecule has 0 aromatic heterocycles. The molecule has 0 unspecified atom stereocenters. The molecule has 0 amide bonds. The van der Waals surface area contributed by atoms with Crippen molar-refractivity contribution in [2.75, 3.05) is 7.11 Å². The number of carbonyl (C=O) groups is 1. The van der Waals surface area contributed by atoms with E-state index in [-0.39, 0.29) is 23.4 Å². The summed E-state index contributed by atoms with van der Waals surface area (Å²) >= 11 is 6.61. The van der Waals surface area contributed by atoms with E-state index in [0.717, 1.165) is 32.1 Å². The molecule has 2 aliphatic rings. The van der Waals surface area contributed by atoms with E-state index in [0.29, 0.717) is 18.8 Å². The van der Waals surface area contributed by atoms with Gasteiger partial charge in [0.05, 0.1) is 13.2 Å². The molecule has 0 heterocycles. The van der Waals surface area contributed by atoms with Crippen LogP contribution < -0.4 is 0 Å². The fourth-order valence-corrected chi connectivity index (χ4v) is 5.26. The third kappa shape index (κ3) is 4.61. The van der Waals surface area contributed by atoms with Crippen LogP contribution in [0.15, 0.2) is 18.2 Å². The fourth-order valence-electron chi connectivity index (χ4n) is 4.80. The Morgan fingerprint density at radius 2 is 1.96 bits per heavy atom. The van der Waals surface area contributed by atoms with Crippen molar-refractivity contribution < 1.29 is 14.6 Å². The minimum atomic E-state index is -0.332. The number of aliphatic hydroxyl groups excluding tert-OH is 1. The van der Waals surface area contributed by atoms with E-state index >= 15 is 0 Å². The van der Waals surface area contributed by atoms with Gasteiger partial charge in [-0.05, 0) is 61.1 Å². The van der Waals surface area contributed by atoms with Crippen molar-refractivity contribution in [3.63, 3.8) is 0 Å². The van der Waals surface area contributed by atoms with Crippen molar-refractivity contribution in [2.45, 2.75) is 81.6 Å². The molecule has 144 valence electrons. The number of benzene rings is 1. The number of carbonyl (C=O) groups excluding carboxylic acids is 1. The molecule has 4 heteroatoms. The highest BCUT2D eigenvalue weighted by Crippen LogP contribution is 2.46. The number of hydrogen-bond acceptors (Lipinski definition) is 3. The lowest BCUT2D eigenvalue weighted by molar-refractivity contribution is -0.140. The van der Waals surface area contributed by atoms with Crippen LogP contribution in [0, 0.1) is 5.92 Å². The number of hydrogen-bond donors (Lipinski definition) is 1. The minimum Gasteiger partial charge on any atom is -0.469 e. The van der Waals surface area contributed by atoms with E-state index in [1.807, 2.05) is 0 Å². The number of ether oxygens (including phenoxy) is 1. The fraction of sp³-hybridized carbons (Fsp3) is 0.682. The normalized spacial score (nSPS) is 27.5. The average molecular weight is 379 g/mol. The second-order valence-corrected chi connectivity index (χ2v) is 8.48. The number of esters is 1. The molecule has 2 aliphatic carbocycles. The highest BCUT2D eigenvalue weighted by atomic mass is 35.5. The maximum Gasteiger partial charge on any atom is 0.305 e. The van der Waals surface area contributed by atoms with Gasteiger partial charge in [0, 0.05) is 17.7 Å². The van der Waals surface area contributed by atoms with Crippen LogP contribution in [0.25, 0.3) is 0 Å². The molecule has 3 rings (SSSR count). The van der Waals surface area contributed by atoms with E-state index in [1.165, 1.54) is 43.1 Å². The number of aryl methyl sites for hydroxylation is 2. The molecule has 1 aromatic rings. The van der Waals surface area contributed by atoms with Crippen molar-refractivity contribution in [1.29, 1.82) is 0 Å². The topological polar surface area (TPSA) is 46.5 Å². The Labute approximate surface area is 162 Å². The van der Waals surface area contributed by atoms with Gasteiger partial charge < -0.3 is 9.84 Å². The molecule has 1 aromatic carbocycles. The first-order valence-electron chi connectivity index (χ1n) is 10.1. The predicted molar refractivity (Wildman–Crippen MR) is 105 cm³/mol. The minimum absolute atomic E-state index is 0.0540. The Bertz CT molecular complexity index is 615. The monoisotopic (exact) mass is 378 g/mol. The molecule has 3 nitrogen and oxygen atoms in total. The van der Waals surface area contributed by atoms with Crippen LogP contribution in [0.2, 0.25) is 0 Å². The zero-order valence-electron chi connectivity index (χ0n) is 15.8. The molecule has 0 bridgehead atoms. The van der Waals surface area contributed by atoms with Crippen LogP contribution >= 0.6 is 11.6 Å². The van der Waals surface area contributed by atoms with Crippen LogP contribution in [0.3, 0.4) is 0 Å². The van der Waals surface area contributed by atoms with Gasteiger partial charge in [0.1, 0.15) is 0 Å². The summed E-state index contributed by atoms with van der Waals surface area (Å²) in [6, 6.07) is 6.81. The molecule has 1 saturated carbocycles. The zero-order chi connectivity index (χ0) is 18.5. The Morgan fingerprint density at radius 1 is 1.19 bits per heavy atom. The number of methoxy groups -OCH3 is 1. The second-order valence-electron chi connectivity index (χ2n) is 7.92. The lowest BCUT2D eigenvalue weighted by Crippen LogP contribution is -2.19. The molecule has 0 spiro atoms. The first-order valence-corrected chi connectivity index (χ1v) is 10.5. The van der Waals surface area contributed by atoms with Gasteiger partial charge in [0.15, 0.2) is 0 Å². The summed E-state index contributed by atoms with van der Waals surface area (Å²) in [6.45, 7) is 0. The SMILES string of the molecule is COC(=O)CCCCCC[C@@H]1[C@@H](c2ccc3c(c2)CCC3)[C@H](O)C[C@H]1Cl. The molecule has 0 aliphatic heterocycles. The van der Waals surface area contributed by atoms with Crippen molar-refractivity contribution in [2.24, 2.45) is 5.92 Å². The Kier molecular flexibility index (Phi) is 6.99. The lowest BCUT2D eigenvalue weighted by Gasteiger charge is -2.24. The quantitative estimate of drug-likeness (QED) is 0.403. The molecule has 26 heavy (non-hydrogen) atoms. The standard InChI is InChI=1S/C22H31ClO3/c1-26-21(25)10-5-3-2-4-9-18-19(23)14-20(24)22(18)17-12-11-15-7-6-8-16(15)13-17/h11-13,18-20,22,24H,2-10,14H2,1H3/t18-,19+,20+,22+/m0/s1. The second kappa shape index (κ2) is 9.23. The van der Waals surface area contributed by atoms with Gasteiger partial charge in [-0.3, -0.25) is 4.79 Å². The van der Waals surface area contributed by atoms with Gasteiger partial charge in [0.2, 0.25) is 0 Å². The number of aliphatic hydroxyl groups is 1. The van der Waals surface area contributed by atoms with E-state index < -0.39 is 0 Å². The Hall–Kier alpha value is -1.06. The number of halogens is 1. The van der Waals surface area contributed by atoms with Gasteiger partial charge in [-0.2, -0.15) is 0 Å². The smallest absolute Gasteiger partial charge is 0.305 e. The van der Waals surface area contributed by atoms with Gasteiger partial charge in [-0.25, -0.2) is 0 Å². The first-order chi connectivity index (χ1) is 12.6. The highest BCUT2D eigenvalue weighted by molar-refractivity contribution is 6.21. The summed E-state index contributed by atoms with van der Waals surface area (Å²) in [4.78, 5) is 11.1. The summed E-state index contributed by atoms with van der Waals surface area (Å²) in [6.07, 6.45) is 9.65. The molecular formula is C22H31ClO3. The number of fused-ring (bicyclic) bond motifs is 1. The number of rotatable bonds is 8.